The second-order valence-corrected chi connectivity index (χ2v) is 6.49. The molecule has 0 spiro atoms. The van der Waals surface area contributed by atoms with E-state index in [1.54, 1.807) is 0 Å². The molecule has 22 heavy (non-hydrogen) atoms. The SMILES string of the molecule is CC1(C)O[C@@H]2[C@@H](OCc3ccccc3)[C@H](O)[C@H](CCO)[C@@H]2O1. The summed E-state index contributed by atoms with van der Waals surface area (Å²) in [6, 6.07) is 9.84. The van der Waals surface area contributed by atoms with Gasteiger partial charge in [-0.05, 0) is 25.8 Å². The van der Waals surface area contributed by atoms with Crippen molar-refractivity contribution in [2.75, 3.05) is 6.61 Å². The molecule has 1 saturated carbocycles. The topological polar surface area (TPSA) is 68.2 Å². The molecule has 3 rings (SSSR count). The summed E-state index contributed by atoms with van der Waals surface area (Å²) < 4.78 is 17.8. The molecule has 1 saturated heterocycles. The van der Waals surface area contributed by atoms with Crippen LogP contribution in [0.4, 0.5) is 0 Å². The highest BCUT2D eigenvalue weighted by Crippen LogP contribution is 2.44. The molecule has 1 aliphatic heterocycles. The van der Waals surface area contributed by atoms with Crippen LogP contribution in [0.5, 0.6) is 0 Å². The van der Waals surface area contributed by atoms with E-state index >= 15 is 0 Å². The van der Waals surface area contributed by atoms with Crippen molar-refractivity contribution in [3.8, 4) is 0 Å². The van der Waals surface area contributed by atoms with Gasteiger partial charge in [-0.25, -0.2) is 0 Å². The molecule has 0 aromatic heterocycles. The van der Waals surface area contributed by atoms with Crippen molar-refractivity contribution in [2.45, 2.75) is 57.1 Å². The van der Waals surface area contributed by atoms with Crippen LogP contribution in [0.15, 0.2) is 30.3 Å². The molecule has 5 heteroatoms. The molecule has 2 N–H and O–H groups in total. The quantitative estimate of drug-likeness (QED) is 0.862. The number of aliphatic hydroxyl groups is 2. The molecule has 2 aliphatic rings. The highest BCUT2D eigenvalue weighted by Gasteiger charge is 2.58. The lowest BCUT2D eigenvalue weighted by atomic mass is 9.99. The van der Waals surface area contributed by atoms with Gasteiger partial charge in [-0.1, -0.05) is 30.3 Å². The summed E-state index contributed by atoms with van der Waals surface area (Å²) in [4.78, 5) is 0. The molecule has 0 unspecified atom stereocenters. The van der Waals surface area contributed by atoms with Crippen LogP contribution in [-0.4, -0.2) is 47.0 Å². The Hall–Kier alpha value is -0.980. The molecule has 2 fully saturated rings. The van der Waals surface area contributed by atoms with Gasteiger partial charge in [-0.15, -0.1) is 0 Å². The number of ether oxygens (including phenoxy) is 3. The van der Waals surface area contributed by atoms with E-state index in [0.717, 1.165) is 5.56 Å². The van der Waals surface area contributed by atoms with Crippen LogP contribution in [0.1, 0.15) is 25.8 Å². The second-order valence-electron chi connectivity index (χ2n) is 6.49. The summed E-state index contributed by atoms with van der Waals surface area (Å²) in [5.74, 6) is -0.852. The van der Waals surface area contributed by atoms with E-state index in [9.17, 15) is 10.2 Å². The fraction of sp³-hybridized carbons (Fsp3) is 0.647. The molecule has 0 amide bonds. The summed E-state index contributed by atoms with van der Waals surface area (Å²) in [6.45, 7) is 4.16. The maximum atomic E-state index is 10.5. The zero-order valence-electron chi connectivity index (χ0n) is 13.0. The first-order valence-corrected chi connectivity index (χ1v) is 7.82. The number of hydrogen-bond acceptors (Lipinski definition) is 5. The molecule has 1 heterocycles. The molecule has 5 atom stereocenters. The Morgan fingerprint density at radius 1 is 1.14 bits per heavy atom. The van der Waals surface area contributed by atoms with Gasteiger partial charge in [0.25, 0.3) is 0 Å². The van der Waals surface area contributed by atoms with Crippen molar-refractivity contribution in [3.63, 3.8) is 0 Å². The largest absolute Gasteiger partial charge is 0.396 e. The fourth-order valence-corrected chi connectivity index (χ4v) is 3.48. The van der Waals surface area contributed by atoms with Crippen LogP contribution in [0.3, 0.4) is 0 Å². The van der Waals surface area contributed by atoms with Crippen LogP contribution in [-0.2, 0) is 20.8 Å². The molecule has 1 aromatic carbocycles. The molecule has 122 valence electrons. The summed E-state index contributed by atoms with van der Waals surface area (Å²) in [6.07, 6.45) is -1.19. The lowest BCUT2D eigenvalue weighted by molar-refractivity contribution is -0.189. The predicted molar refractivity (Wildman–Crippen MR) is 80.0 cm³/mol. The van der Waals surface area contributed by atoms with Crippen molar-refractivity contribution in [2.24, 2.45) is 5.92 Å². The van der Waals surface area contributed by atoms with Crippen molar-refractivity contribution in [1.29, 1.82) is 0 Å². The lowest BCUT2D eigenvalue weighted by Crippen LogP contribution is -2.37. The van der Waals surface area contributed by atoms with Gasteiger partial charge in [0.2, 0.25) is 0 Å². The van der Waals surface area contributed by atoms with Gasteiger partial charge in [-0.3, -0.25) is 0 Å². The first kappa shape index (κ1) is 15.9. The van der Waals surface area contributed by atoms with Crippen molar-refractivity contribution < 1.29 is 24.4 Å². The highest BCUT2D eigenvalue weighted by molar-refractivity contribution is 5.14. The lowest BCUT2D eigenvalue weighted by Gasteiger charge is -2.27. The Morgan fingerprint density at radius 2 is 1.82 bits per heavy atom. The second kappa shape index (κ2) is 6.26. The van der Waals surface area contributed by atoms with Gasteiger partial charge < -0.3 is 24.4 Å². The number of fused-ring (bicyclic) bond motifs is 1. The van der Waals surface area contributed by atoms with Crippen LogP contribution in [0.25, 0.3) is 0 Å². The maximum Gasteiger partial charge on any atom is 0.163 e. The van der Waals surface area contributed by atoms with E-state index in [2.05, 4.69) is 0 Å². The smallest absolute Gasteiger partial charge is 0.163 e. The number of benzene rings is 1. The van der Waals surface area contributed by atoms with Crippen LogP contribution in [0.2, 0.25) is 0 Å². The third-order valence-electron chi connectivity index (χ3n) is 4.43. The van der Waals surface area contributed by atoms with Gasteiger partial charge in [0.1, 0.15) is 12.2 Å². The third-order valence-corrected chi connectivity index (χ3v) is 4.43. The van der Waals surface area contributed by atoms with E-state index < -0.39 is 18.0 Å². The molecule has 1 aliphatic carbocycles. The molecule has 0 bridgehead atoms. The first-order chi connectivity index (χ1) is 10.5. The number of rotatable bonds is 5. The normalized spacial score (nSPS) is 36.5. The monoisotopic (exact) mass is 308 g/mol. The molecular formula is C17H24O5. The minimum absolute atomic E-state index is 0.0140. The first-order valence-electron chi connectivity index (χ1n) is 7.82. The standard InChI is InChI=1S/C17H24O5/c1-17(2)21-14-12(8-9-18)13(19)15(16(14)22-17)20-10-11-6-4-3-5-7-11/h3-7,12-16,18-19H,8-10H2,1-2H3/t12-,13+,14-,15-,16-/m0/s1. The average Bonchev–Trinajstić information content (AvgIpc) is 2.91. The molecule has 5 nitrogen and oxygen atoms in total. The van der Waals surface area contributed by atoms with Gasteiger partial charge in [0, 0.05) is 12.5 Å². The Balaban J connectivity index is 1.72. The predicted octanol–water partition coefficient (Wildman–Crippen LogP) is 1.46. The van der Waals surface area contributed by atoms with Crippen molar-refractivity contribution in [1.82, 2.24) is 0 Å². The number of aliphatic hydroxyl groups excluding tert-OH is 2. The highest BCUT2D eigenvalue weighted by atomic mass is 16.8. The summed E-state index contributed by atoms with van der Waals surface area (Å²) >= 11 is 0. The zero-order chi connectivity index (χ0) is 15.7. The van der Waals surface area contributed by atoms with Crippen LogP contribution in [0, 0.1) is 5.92 Å². The number of hydrogen-bond donors (Lipinski definition) is 2. The Labute approximate surface area is 130 Å². The van der Waals surface area contributed by atoms with Crippen LogP contribution >= 0.6 is 0 Å². The molecular weight excluding hydrogens is 284 g/mol. The molecule has 1 aromatic rings. The maximum absolute atomic E-state index is 10.5. The van der Waals surface area contributed by atoms with E-state index in [-0.39, 0.29) is 24.7 Å². The van der Waals surface area contributed by atoms with Gasteiger partial charge in [0.05, 0.1) is 18.8 Å². The summed E-state index contributed by atoms with van der Waals surface area (Å²) in [5.41, 5.74) is 1.05. The Kier molecular flexibility index (Phi) is 4.52. The van der Waals surface area contributed by atoms with E-state index in [1.807, 2.05) is 44.2 Å². The summed E-state index contributed by atoms with van der Waals surface area (Å²) in [7, 11) is 0. The third kappa shape index (κ3) is 3.05. The Bertz CT molecular complexity index is 489. The van der Waals surface area contributed by atoms with Crippen LogP contribution < -0.4 is 0 Å². The minimum atomic E-state index is -0.693. The minimum Gasteiger partial charge on any atom is -0.396 e. The fourth-order valence-electron chi connectivity index (χ4n) is 3.48. The van der Waals surface area contributed by atoms with E-state index in [4.69, 9.17) is 14.2 Å². The van der Waals surface area contributed by atoms with Gasteiger partial charge >= 0.3 is 0 Å². The van der Waals surface area contributed by atoms with Crippen molar-refractivity contribution in [3.05, 3.63) is 35.9 Å². The zero-order valence-corrected chi connectivity index (χ0v) is 13.0. The van der Waals surface area contributed by atoms with E-state index in [1.165, 1.54) is 0 Å². The van der Waals surface area contributed by atoms with Crippen molar-refractivity contribution >= 4 is 0 Å². The Morgan fingerprint density at radius 3 is 2.50 bits per heavy atom. The van der Waals surface area contributed by atoms with Gasteiger partial charge in [-0.2, -0.15) is 0 Å². The average molecular weight is 308 g/mol. The van der Waals surface area contributed by atoms with E-state index in [0.29, 0.717) is 13.0 Å². The summed E-state index contributed by atoms with van der Waals surface area (Å²) in [5, 5.41) is 19.8. The molecule has 0 radical (unpaired) electrons. The van der Waals surface area contributed by atoms with Gasteiger partial charge in [0.15, 0.2) is 5.79 Å².